The van der Waals surface area contributed by atoms with Crippen molar-refractivity contribution in [3.8, 4) is 11.3 Å². The average Bonchev–Trinajstić information content (AvgIpc) is 3.10. The highest BCUT2D eigenvalue weighted by Gasteiger charge is 2.20. The van der Waals surface area contributed by atoms with Crippen LogP contribution in [0.5, 0.6) is 0 Å². The van der Waals surface area contributed by atoms with E-state index in [9.17, 15) is 4.79 Å². The van der Waals surface area contributed by atoms with Crippen molar-refractivity contribution >= 4 is 23.1 Å². The molecule has 3 aromatic rings. The highest BCUT2D eigenvalue weighted by Crippen LogP contribution is 2.26. The number of nitrogens with zero attached hydrogens (tertiary/aromatic N) is 5. The smallest absolute Gasteiger partial charge is 0.221 e. The first kappa shape index (κ1) is 16.5. The molecule has 134 valence electrons. The molecular formula is C19H22N6O. The summed E-state index contributed by atoms with van der Waals surface area (Å²) < 4.78 is 2.01. The van der Waals surface area contributed by atoms with Gasteiger partial charge in [0.15, 0.2) is 11.5 Å². The SMILES string of the molecule is CC(=O)Nc1cccc(-c2cn3ccnc3c(N3CCN(C)CC3)n2)c1. The minimum absolute atomic E-state index is 0.0849. The van der Waals surface area contributed by atoms with E-state index in [0.29, 0.717) is 0 Å². The largest absolute Gasteiger partial charge is 0.351 e. The molecule has 1 aromatic carbocycles. The number of likely N-dealkylation sites (N-methyl/N-ethyl adjacent to an activating group) is 1. The third-order valence-corrected chi connectivity index (χ3v) is 4.64. The fourth-order valence-corrected chi connectivity index (χ4v) is 3.24. The predicted molar refractivity (Wildman–Crippen MR) is 102 cm³/mol. The van der Waals surface area contributed by atoms with Crippen molar-refractivity contribution in [3.63, 3.8) is 0 Å². The standard InChI is InChI=1S/C19H22N6O/c1-14(26)21-16-5-3-4-15(12-16)17-13-25-7-6-20-18(25)19(22-17)24-10-8-23(2)9-11-24/h3-7,12-13H,8-11H2,1-2H3,(H,21,26). The van der Waals surface area contributed by atoms with Crippen molar-refractivity contribution in [1.29, 1.82) is 0 Å². The fraction of sp³-hybridized carbons (Fsp3) is 0.316. The van der Waals surface area contributed by atoms with Gasteiger partial charge in [0.1, 0.15) is 0 Å². The van der Waals surface area contributed by atoms with Crippen molar-refractivity contribution in [3.05, 3.63) is 42.9 Å². The number of fused-ring (bicyclic) bond motifs is 1. The van der Waals surface area contributed by atoms with E-state index in [0.717, 1.165) is 54.6 Å². The van der Waals surface area contributed by atoms with Gasteiger partial charge in [-0.3, -0.25) is 4.79 Å². The first-order valence-corrected chi connectivity index (χ1v) is 8.75. The summed E-state index contributed by atoms with van der Waals surface area (Å²) in [5.74, 6) is 0.823. The highest BCUT2D eigenvalue weighted by molar-refractivity contribution is 5.89. The van der Waals surface area contributed by atoms with Crippen LogP contribution in [-0.2, 0) is 4.79 Å². The molecule has 7 nitrogen and oxygen atoms in total. The van der Waals surface area contributed by atoms with Crippen molar-refractivity contribution in [2.75, 3.05) is 43.4 Å². The van der Waals surface area contributed by atoms with Crippen LogP contribution in [0.15, 0.2) is 42.9 Å². The van der Waals surface area contributed by atoms with Crippen LogP contribution < -0.4 is 10.2 Å². The molecule has 0 spiro atoms. The minimum atomic E-state index is -0.0849. The molecule has 4 rings (SSSR count). The van der Waals surface area contributed by atoms with Crippen molar-refractivity contribution < 1.29 is 4.79 Å². The summed E-state index contributed by atoms with van der Waals surface area (Å²) in [6.07, 6.45) is 5.72. The Kier molecular flexibility index (Phi) is 4.30. The molecule has 0 unspecified atom stereocenters. The van der Waals surface area contributed by atoms with E-state index >= 15 is 0 Å². The van der Waals surface area contributed by atoms with Crippen LogP contribution in [0, 0.1) is 0 Å². The molecule has 1 fully saturated rings. The normalized spacial score (nSPS) is 15.4. The zero-order valence-electron chi connectivity index (χ0n) is 15.0. The number of hydrogen-bond acceptors (Lipinski definition) is 5. The van der Waals surface area contributed by atoms with Gasteiger partial charge in [-0.05, 0) is 19.2 Å². The number of amides is 1. The third-order valence-electron chi connectivity index (χ3n) is 4.64. The van der Waals surface area contributed by atoms with Gasteiger partial charge in [0.25, 0.3) is 0 Å². The van der Waals surface area contributed by atoms with Gasteiger partial charge in [-0.1, -0.05) is 12.1 Å². The number of carbonyl (C=O) groups is 1. The summed E-state index contributed by atoms with van der Waals surface area (Å²) in [5, 5.41) is 2.83. The lowest BCUT2D eigenvalue weighted by Crippen LogP contribution is -2.45. The van der Waals surface area contributed by atoms with E-state index in [1.807, 2.05) is 41.1 Å². The van der Waals surface area contributed by atoms with Gasteiger partial charge in [0.05, 0.1) is 5.69 Å². The monoisotopic (exact) mass is 350 g/mol. The lowest BCUT2D eigenvalue weighted by molar-refractivity contribution is -0.114. The molecular weight excluding hydrogens is 328 g/mol. The molecule has 1 saturated heterocycles. The summed E-state index contributed by atoms with van der Waals surface area (Å²) in [5.41, 5.74) is 3.46. The summed E-state index contributed by atoms with van der Waals surface area (Å²) in [6.45, 7) is 5.39. The summed E-state index contributed by atoms with van der Waals surface area (Å²) in [6, 6.07) is 7.75. The first-order chi connectivity index (χ1) is 12.6. The number of aromatic nitrogens is 3. The summed E-state index contributed by atoms with van der Waals surface area (Å²) in [7, 11) is 2.14. The van der Waals surface area contributed by atoms with E-state index in [4.69, 9.17) is 4.98 Å². The molecule has 2 aromatic heterocycles. The fourth-order valence-electron chi connectivity index (χ4n) is 3.24. The lowest BCUT2D eigenvalue weighted by atomic mass is 10.1. The number of benzene rings is 1. The second kappa shape index (κ2) is 6.76. The van der Waals surface area contributed by atoms with Gasteiger partial charge in [0, 0.05) is 62.9 Å². The average molecular weight is 350 g/mol. The number of hydrogen-bond donors (Lipinski definition) is 1. The topological polar surface area (TPSA) is 65.8 Å². The molecule has 0 radical (unpaired) electrons. The van der Waals surface area contributed by atoms with Crippen LogP contribution in [-0.4, -0.2) is 58.4 Å². The minimum Gasteiger partial charge on any atom is -0.351 e. The van der Waals surface area contributed by atoms with Crippen molar-refractivity contribution in [2.24, 2.45) is 0 Å². The van der Waals surface area contributed by atoms with E-state index in [-0.39, 0.29) is 5.91 Å². The Hall–Kier alpha value is -2.93. The number of carbonyl (C=O) groups excluding carboxylic acids is 1. The molecule has 3 heterocycles. The van der Waals surface area contributed by atoms with Gasteiger partial charge in [-0.15, -0.1) is 0 Å². The van der Waals surface area contributed by atoms with Gasteiger partial charge in [-0.2, -0.15) is 0 Å². The molecule has 7 heteroatoms. The quantitative estimate of drug-likeness (QED) is 0.784. The number of anilines is 2. The van der Waals surface area contributed by atoms with Crippen LogP contribution in [0.4, 0.5) is 11.5 Å². The summed E-state index contributed by atoms with van der Waals surface area (Å²) >= 11 is 0. The number of piperazine rings is 1. The van der Waals surface area contributed by atoms with Crippen LogP contribution >= 0.6 is 0 Å². The summed E-state index contributed by atoms with van der Waals surface area (Å²) in [4.78, 5) is 25.4. The second-order valence-corrected chi connectivity index (χ2v) is 6.66. The van der Waals surface area contributed by atoms with Gasteiger partial charge >= 0.3 is 0 Å². The van der Waals surface area contributed by atoms with E-state index in [2.05, 4.69) is 27.1 Å². The maximum Gasteiger partial charge on any atom is 0.221 e. The van der Waals surface area contributed by atoms with E-state index in [1.165, 1.54) is 6.92 Å². The maximum absolute atomic E-state index is 11.3. The van der Waals surface area contributed by atoms with E-state index in [1.54, 1.807) is 6.20 Å². The Bertz CT molecular complexity index is 942. The zero-order chi connectivity index (χ0) is 18.1. The molecule has 0 aliphatic carbocycles. The number of nitrogens with one attached hydrogen (secondary N) is 1. The van der Waals surface area contributed by atoms with Gasteiger partial charge < -0.3 is 19.5 Å². The van der Waals surface area contributed by atoms with Crippen LogP contribution in [0.3, 0.4) is 0 Å². The van der Waals surface area contributed by atoms with Crippen LogP contribution in [0.2, 0.25) is 0 Å². The van der Waals surface area contributed by atoms with Crippen molar-refractivity contribution in [1.82, 2.24) is 19.3 Å². The molecule has 1 aliphatic heterocycles. The Morgan fingerprint density at radius 3 is 2.77 bits per heavy atom. The number of imidazole rings is 1. The van der Waals surface area contributed by atoms with Gasteiger partial charge in [-0.25, -0.2) is 9.97 Å². The third kappa shape index (κ3) is 3.25. The molecule has 26 heavy (non-hydrogen) atoms. The van der Waals surface area contributed by atoms with E-state index < -0.39 is 0 Å². The Morgan fingerprint density at radius 1 is 1.19 bits per heavy atom. The molecule has 0 bridgehead atoms. The Morgan fingerprint density at radius 2 is 2.00 bits per heavy atom. The van der Waals surface area contributed by atoms with Gasteiger partial charge in [0.2, 0.25) is 5.91 Å². The highest BCUT2D eigenvalue weighted by atomic mass is 16.1. The van der Waals surface area contributed by atoms with Crippen molar-refractivity contribution in [2.45, 2.75) is 6.92 Å². The molecule has 0 atom stereocenters. The molecule has 1 N–H and O–H groups in total. The molecule has 1 aliphatic rings. The molecule has 1 amide bonds. The Labute approximate surface area is 152 Å². The zero-order valence-corrected chi connectivity index (χ0v) is 15.0. The predicted octanol–water partition coefficient (Wildman–Crippen LogP) is 2.11. The van der Waals surface area contributed by atoms with Crippen LogP contribution in [0.1, 0.15) is 6.92 Å². The van der Waals surface area contributed by atoms with Crippen LogP contribution in [0.25, 0.3) is 16.9 Å². The maximum atomic E-state index is 11.3. The molecule has 0 saturated carbocycles. The lowest BCUT2D eigenvalue weighted by Gasteiger charge is -2.33. The second-order valence-electron chi connectivity index (χ2n) is 6.66. The number of rotatable bonds is 3. The Balaban J connectivity index is 1.75. The first-order valence-electron chi connectivity index (χ1n) is 8.75.